The van der Waals surface area contributed by atoms with Crippen LogP contribution in [-0.2, 0) is 0 Å². The topological polar surface area (TPSA) is 26.3 Å². The number of ether oxygens (including phenoxy) is 1. The third-order valence-corrected chi connectivity index (χ3v) is 4.23. The molecule has 0 unspecified atom stereocenters. The second-order valence-electron chi connectivity index (χ2n) is 5.13. The molecule has 0 bridgehead atoms. The van der Waals surface area contributed by atoms with Crippen LogP contribution in [0.25, 0.3) is 0 Å². The summed E-state index contributed by atoms with van der Waals surface area (Å²) in [6.07, 6.45) is 2.65. The molecule has 1 fully saturated rings. The van der Waals surface area contributed by atoms with Crippen LogP contribution in [0.15, 0.2) is 46.9 Å². The van der Waals surface area contributed by atoms with E-state index in [1.54, 1.807) is 0 Å². The Kier molecular flexibility index (Phi) is 3.62. The smallest absolute Gasteiger partial charge is 0.193 e. The lowest BCUT2D eigenvalue weighted by atomic mass is 10.0. The molecule has 0 amide bonds. The number of hydrogen-bond acceptors (Lipinski definition) is 2. The van der Waals surface area contributed by atoms with Crippen molar-refractivity contribution in [3.63, 3.8) is 0 Å². The molecule has 0 saturated heterocycles. The molecule has 102 valence electrons. The average Bonchev–Trinajstić information content (AvgIpc) is 3.26. The predicted octanol–water partition coefficient (Wildman–Crippen LogP) is 4.53. The van der Waals surface area contributed by atoms with Gasteiger partial charge in [-0.05, 0) is 55.7 Å². The van der Waals surface area contributed by atoms with Gasteiger partial charge in [0.2, 0.25) is 0 Å². The van der Waals surface area contributed by atoms with Gasteiger partial charge in [0.1, 0.15) is 5.75 Å². The van der Waals surface area contributed by atoms with E-state index in [1.807, 2.05) is 49.4 Å². The predicted molar refractivity (Wildman–Crippen MR) is 82.4 cm³/mol. The number of carbonyl (C=O) groups is 1. The minimum absolute atomic E-state index is 0.0312. The van der Waals surface area contributed by atoms with E-state index in [4.69, 9.17) is 4.74 Å². The van der Waals surface area contributed by atoms with Gasteiger partial charge < -0.3 is 4.74 Å². The number of benzene rings is 2. The molecule has 1 aliphatic rings. The average molecular weight is 331 g/mol. The summed E-state index contributed by atoms with van der Waals surface area (Å²) in [7, 11) is 0. The van der Waals surface area contributed by atoms with E-state index in [1.165, 1.54) is 0 Å². The Bertz CT molecular complexity index is 643. The van der Waals surface area contributed by atoms with Crippen LogP contribution in [0, 0.1) is 6.92 Å². The van der Waals surface area contributed by atoms with Crippen LogP contribution >= 0.6 is 15.9 Å². The van der Waals surface area contributed by atoms with Gasteiger partial charge in [-0.1, -0.05) is 28.1 Å². The first-order valence-corrected chi connectivity index (χ1v) is 7.50. The van der Waals surface area contributed by atoms with Crippen LogP contribution < -0.4 is 4.74 Å². The van der Waals surface area contributed by atoms with E-state index < -0.39 is 0 Å². The molecule has 0 heterocycles. The van der Waals surface area contributed by atoms with Crippen LogP contribution in [0.5, 0.6) is 5.75 Å². The Morgan fingerprint density at radius 2 is 1.75 bits per heavy atom. The Labute approximate surface area is 126 Å². The maximum atomic E-state index is 12.4. The number of halogens is 1. The van der Waals surface area contributed by atoms with Gasteiger partial charge in [0.25, 0.3) is 0 Å². The third-order valence-electron chi connectivity index (χ3n) is 3.38. The summed E-state index contributed by atoms with van der Waals surface area (Å²) < 4.78 is 6.64. The highest BCUT2D eigenvalue weighted by Crippen LogP contribution is 2.27. The zero-order valence-corrected chi connectivity index (χ0v) is 12.8. The van der Waals surface area contributed by atoms with Gasteiger partial charge in [-0.15, -0.1) is 0 Å². The highest BCUT2D eigenvalue weighted by atomic mass is 79.9. The number of rotatable bonds is 4. The van der Waals surface area contributed by atoms with Crippen molar-refractivity contribution in [2.75, 3.05) is 0 Å². The standard InChI is InChI=1S/C17H15BrO2/c1-11-2-3-13(10-16(11)18)17(19)12-4-6-14(7-5-12)20-15-8-9-15/h2-7,10,15H,8-9H2,1H3. The van der Waals surface area contributed by atoms with Gasteiger partial charge in [0.15, 0.2) is 5.78 Å². The molecule has 1 saturated carbocycles. The van der Waals surface area contributed by atoms with E-state index in [9.17, 15) is 4.79 Å². The normalized spacial score (nSPS) is 14.1. The van der Waals surface area contributed by atoms with Gasteiger partial charge in [0.05, 0.1) is 6.10 Å². The Morgan fingerprint density at radius 3 is 2.35 bits per heavy atom. The van der Waals surface area contributed by atoms with Crippen molar-refractivity contribution < 1.29 is 9.53 Å². The van der Waals surface area contributed by atoms with Crippen molar-refractivity contribution in [3.05, 3.63) is 63.6 Å². The summed E-state index contributed by atoms with van der Waals surface area (Å²) in [6.45, 7) is 2.00. The first kappa shape index (κ1) is 13.4. The van der Waals surface area contributed by atoms with Gasteiger partial charge >= 0.3 is 0 Å². The first-order chi connectivity index (χ1) is 9.63. The van der Waals surface area contributed by atoms with E-state index in [0.717, 1.165) is 28.6 Å². The maximum absolute atomic E-state index is 12.4. The minimum Gasteiger partial charge on any atom is -0.490 e. The fourth-order valence-corrected chi connectivity index (χ4v) is 2.34. The molecule has 0 radical (unpaired) electrons. The van der Waals surface area contributed by atoms with Crippen molar-refractivity contribution in [2.24, 2.45) is 0 Å². The van der Waals surface area contributed by atoms with Crippen LogP contribution in [0.4, 0.5) is 0 Å². The lowest BCUT2D eigenvalue weighted by Crippen LogP contribution is -2.02. The van der Waals surface area contributed by atoms with Crippen molar-refractivity contribution in [3.8, 4) is 5.75 Å². The largest absolute Gasteiger partial charge is 0.490 e. The fraction of sp³-hybridized carbons (Fsp3) is 0.235. The lowest BCUT2D eigenvalue weighted by molar-refractivity contribution is 0.103. The molecule has 0 atom stereocenters. The van der Waals surface area contributed by atoms with Crippen molar-refractivity contribution in [2.45, 2.75) is 25.9 Å². The number of aryl methyl sites for hydroxylation is 1. The first-order valence-electron chi connectivity index (χ1n) is 6.71. The van der Waals surface area contributed by atoms with E-state index in [-0.39, 0.29) is 5.78 Å². The van der Waals surface area contributed by atoms with E-state index >= 15 is 0 Å². The zero-order chi connectivity index (χ0) is 14.1. The van der Waals surface area contributed by atoms with E-state index in [2.05, 4.69) is 15.9 Å². The molecule has 0 spiro atoms. The molecular formula is C17H15BrO2. The molecule has 2 aromatic rings. The van der Waals surface area contributed by atoms with Crippen LogP contribution in [-0.4, -0.2) is 11.9 Å². The van der Waals surface area contributed by atoms with E-state index in [0.29, 0.717) is 17.2 Å². The Balaban J connectivity index is 1.80. The van der Waals surface area contributed by atoms with Crippen LogP contribution in [0.3, 0.4) is 0 Å². The Morgan fingerprint density at radius 1 is 1.10 bits per heavy atom. The quantitative estimate of drug-likeness (QED) is 0.770. The van der Waals surface area contributed by atoms with Crippen LogP contribution in [0.1, 0.15) is 34.3 Å². The minimum atomic E-state index is 0.0312. The van der Waals surface area contributed by atoms with Crippen molar-refractivity contribution in [1.29, 1.82) is 0 Å². The SMILES string of the molecule is Cc1ccc(C(=O)c2ccc(OC3CC3)cc2)cc1Br. The lowest BCUT2D eigenvalue weighted by Gasteiger charge is -2.06. The number of hydrogen-bond donors (Lipinski definition) is 0. The second-order valence-corrected chi connectivity index (χ2v) is 5.99. The van der Waals surface area contributed by atoms with Gasteiger partial charge in [0, 0.05) is 15.6 Å². The second kappa shape index (κ2) is 5.41. The summed E-state index contributed by atoms with van der Waals surface area (Å²) in [5.74, 6) is 0.873. The fourth-order valence-electron chi connectivity index (χ4n) is 1.96. The van der Waals surface area contributed by atoms with Gasteiger partial charge in [-0.2, -0.15) is 0 Å². The summed E-state index contributed by atoms with van der Waals surface area (Å²) >= 11 is 3.46. The molecule has 0 N–H and O–H groups in total. The molecule has 20 heavy (non-hydrogen) atoms. The highest BCUT2D eigenvalue weighted by Gasteiger charge is 2.23. The summed E-state index contributed by atoms with van der Waals surface area (Å²) in [4.78, 5) is 12.4. The van der Waals surface area contributed by atoms with Crippen molar-refractivity contribution in [1.82, 2.24) is 0 Å². The molecular weight excluding hydrogens is 316 g/mol. The van der Waals surface area contributed by atoms with Crippen LogP contribution in [0.2, 0.25) is 0 Å². The summed E-state index contributed by atoms with van der Waals surface area (Å²) in [6, 6.07) is 13.1. The number of carbonyl (C=O) groups excluding carboxylic acids is 1. The van der Waals surface area contributed by atoms with Gasteiger partial charge in [-0.25, -0.2) is 0 Å². The van der Waals surface area contributed by atoms with Gasteiger partial charge in [-0.3, -0.25) is 4.79 Å². The Hall–Kier alpha value is -1.61. The number of ketones is 1. The molecule has 2 nitrogen and oxygen atoms in total. The molecule has 0 aliphatic heterocycles. The molecule has 2 aromatic carbocycles. The summed E-state index contributed by atoms with van der Waals surface area (Å²) in [5, 5.41) is 0. The molecule has 3 rings (SSSR count). The zero-order valence-electron chi connectivity index (χ0n) is 11.2. The third kappa shape index (κ3) is 2.93. The molecule has 1 aliphatic carbocycles. The maximum Gasteiger partial charge on any atom is 0.193 e. The molecule has 3 heteroatoms. The monoisotopic (exact) mass is 330 g/mol. The summed E-state index contributed by atoms with van der Waals surface area (Å²) in [5.41, 5.74) is 2.50. The van der Waals surface area contributed by atoms with Crippen molar-refractivity contribution >= 4 is 21.7 Å². The molecule has 0 aromatic heterocycles. The highest BCUT2D eigenvalue weighted by molar-refractivity contribution is 9.10.